The van der Waals surface area contributed by atoms with Crippen molar-refractivity contribution in [2.45, 2.75) is 19.4 Å². The average Bonchev–Trinajstić information content (AvgIpc) is 3.09. The summed E-state index contributed by atoms with van der Waals surface area (Å²) in [6, 6.07) is 11.5. The molecule has 0 aliphatic carbocycles. The smallest absolute Gasteiger partial charge is 0.249 e. The number of carbonyl (C=O) groups excluding carboxylic acids is 2. The molecule has 3 aromatic rings. The molecule has 0 spiro atoms. The molecular formula is C22H21ClN4O4. The van der Waals surface area contributed by atoms with Gasteiger partial charge in [0.15, 0.2) is 0 Å². The van der Waals surface area contributed by atoms with Crippen molar-refractivity contribution in [1.29, 1.82) is 0 Å². The van der Waals surface area contributed by atoms with E-state index in [0.717, 1.165) is 11.1 Å². The van der Waals surface area contributed by atoms with Gasteiger partial charge in [-0.05, 0) is 31.2 Å². The van der Waals surface area contributed by atoms with Crippen molar-refractivity contribution >= 4 is 34.9 Å². The van der Waals surface area contributed by atoms with E-state index >= 15 is 0 Å². The van der Waals surface area contributed by atoms with Crippen LogP contribution in [0.1, 0.15) is 18.0 Å². The first-order valence-corrected chi connectivity index (χ1v) is 9.97. The predicted octanol–water partition coefficient (Wildman–Crippen LogP) is 4.05. The SMILES string of the molecule is COc1ccc(NC(=O)C2CC(=O)Nc3c(C)c(-c4cccc(Cl)c4)nn32)c(OC)c1. The molecule has 1 aromatic heterocycles. The topological polar surface area (TPSA) is 94.5 Å². The highest BCUT2D eigenvalue weighted by molar-refractivity contribution is 6.30. The number of hydrogen-bond acceptors (Lipinski definition) is 5. The number of benzene rings is 2. The number of nitrogens with zero attached hydrogens (tertiary/aromatic N) is 2. The van der Waals surface area contributed by atoms with E-state index in [-0.39, 0.29) is 18.2 Å². The number of aromatic nitrogens is 2. The third kappa shape index (κ3) is 3.94. The molecule has 0 saturated heterocycles. The monoisotopic (exact) mass is 440 g/mol. The summed E-state index contributed by atoms with van der Waals surface area (Å²) >= 11 is 6.13. The molecule has 0 saturated carbocycles. The molecule has 0 radical (unpaired) electrons. The first kappa shape index (κ1) is 20.7. The van der Waals surface area contributed by atoms with Crippen LogP contribution in [0.4, 0.5) is 11.5 Å². The van der Waals surface area contributed by atoms with Crippen molar-refractivity contribution in [3.05, 3.63) is 53.1 Å². The zero-order valence-corrected chi connectivity index (χ0v) is 18.0. The van der Waals surface area contributed by atoms with E-state index in [1.165, 1.54) is 7.11 Å². The number of fused-ring (bicyclic) bond motifs is 1. The minimum Gasteiger partial charge on any atom is -0.497 e. The largest absolute Gasteiger partial charge is 0.497 e. The first-order valence-electron chi connectivity index (χ1n) is 9.59. The maximum absolute atomic E-state index is 13.1. The zero-order chi connectivity index (χ0) is 22.1. The minimum atomic E-state index is -0.817. The maximum Gasteiger partial charge on any atom is 0.249 e. The number of halogens is 1. The molecular weight excluding hydrogens is 420 g/mol. The molecule has 2 aromatic carbocycles. The number of methoxy groups -OCH3 is 2. The fourth-order valence-corrected chi connectivity index (χ4v) is 3.76. The van der Waals surface area contributed by atoms with Crippen molar-refractivity contribution < 1.29 is 19.1 Å². The van der Waals surface area contributed by atoms with Crippen LogP contribution in [0.15, 0.2) is 42.5 Å². The lowest BCUT2D eigenvalue weighted by atomic mass is 10.1. The van der Waals surface area contributed by atoms with Gasteiger partial charge < -0.3 is 20.1 Å². The molecule has 1 aliphatic rings. The normalized spacial score (nSPS) is 15.1. The summed E-state index contributed by atoms with van der Waals surface area (Å²) in [4.78, 5) is 25.5. The van der Waals surface area contributed by atoms with Crippen molar-refractivity contribution in [3.8, 4) is 22.8 Å². The maximum atomic E-state index is 13.1. The third-order valence-corrected chi connectivity index (χ3v) is 5.38. The van der Waals surface area contributed by atoms with Crippen molar-refractivity contribution in [2.24, 2.45) is 0 Å². The summed E-state index contributed by atoms with van der Waals surface area (Å²) < 4.78 is 12.1. The van der Waals surface area contributed by atoms with Gasteiger partial charge in [-0.15, -0.1) is 0 Å². The highest BCUT2D eigenvalue weighted by Gasteiger charge is 2.34. The van der Waals surface area contributed by atoms with E-state index in [2.05, 4.69) is 15.7 Å². The molecule has 31 heavy (non-hydrogen) atoms. The standard InChI is InChI=1S/C22H21ClN4O4/c1-12-20(13-5-4-6-14(23)9-13)26-27-17(11-19(28)25-21(12)27)22(29)24-16-8-7-15(30-2)10-18(16)31-3/h4-10,17H,11H2,1-3H3,(H,24,29)(H,25,28). The molecule has 1 aliphatic heterocycles. The lowest BCUT2D eigenvalue weighted by Gasteiger charge is -2.24. The third-order valence-electron chi connectivity index (χ3n) is 5.15. The van der Waals surface area contributed by atoms with Crippen molar-refractivity contribution in [2.75, 3.05) is 24.9 Å². The van der Waals surface area contributed by atoms with Crippen molar-refractivity contribution in [3.63, 3.8) is 0 Å². The van der Waals surface area contributed by atoms with Gasteiger partial charge in [0.2, 0.25) is 11.8 Å². The van der Waals surface area contributed by atoms with Crippen LogP contribution in [0.2, 0.25) is 5.02 Å². The lowest BCUT2D eigenvalue weighted by molar-refractivity contribution is -0.125. The van der Waals surface area contributed by atoms with Crippen LogP contribution in [-0.4, -0.2) is 35.8 Å². The van der Waals surface area contributed by atoms with Gasteiger partial charge in [0.25, 0.3) is 0 Å². The molecule has 2 heterocycles. The Labute approximate surface area is 184 Å². The van der Waals surface area contributed by atoms with Crippen LogP contribution < -0.4 is 20.1 Å². The Morgan fingerprint density at radius 2 is 2.03 bits per heavy atom. The number of anilines is 2. The summed E-state index contributed by atoms with van der Waals surface area (Å²) in [7, 11) is 3.05. The second kappa shape index (κ2) is 8.31. The molecule has 9 heteroatoms. The highest BCUT2D eigenvalue weighted by atomic mass is 35.5. The van der Waals surface area contributed by atoms with Gasteiger partial charge in [-0.3, -0.25) is 9.59 Å². The number of rotatable bonds is 5. The van der Waals surface area contributed by atoms with E-state index in [1.807, 2.05) is 19.1 Å². The Kier molecular flexibility index (Phi) is 5.56. The van der Waals surface area contributed by atoms with E-state index in [4.69, 9.17) is 21.1 Å². The number of ether oxygens (including phenoxy) is 2. The summed E-state index contributed by atoms with van der Waals surface area (Å²) in [6.45, 7) is 1.85. The van der Waals surface area contributed by atoms with Crippen LogP contribution in [0.25, 0.3) is 11.3 Å². The molecule has 8 nitrogen and oxygen atoms in total. The Morgan fingerprint density at radius 3 is 2.74 bits per heavy atom. The van der Waals surface area contributed by atoms with Gasteiger partial charge in [-0.2, -0.15) is 5.10 Å². The first-order chi connectivity index (χ1) is 14.9. The molecule has 2 N–H and O–H groups in total. The van der Waals surface area contributed by atoms with Crippen LogP contribution in [0.5, 0.6) is 11.5 Å². The highest BCUT2D eigenvalue weighted by Crippen LogP contribution is 2.36. The van der Waals surface area contributed by atoms with Gasteiger partial charge >= 0.3 is 0 Å². The summed E-state index contributed by atoms with van der Waals surface area (Å²) in [5.41, 5.74) is 2.69. The van der Waals surface area contributed by atoms with Crippen LogP contribution in [-0.2, 0) is 9.59 Å². The van der Waals surface area contributed by atoms with Crippen LogP contribution in [0, 0.1) is 6.92 Å². The molecule has 1 atom stereocenters. The lowest BCUT2D eigenvalue weighted by Crippen LogP contribution is -2.36. The second-order valence-electron chi connectivity index (χ2n) is 7.10. The molecule has 160 valence electrons. The Morgan fingerprint density at radius 1 is 1.23 bits per heavy atom. The Balaban J connectivity index is 1.69. The van der Waals surface area contributed by atoms with Gasteiger partial charge in [-0.25, -0.2) is 4.68 Å². The fourth-order valence-electron chi connectivity index (χ4n) is 3.57. The van der Waals surface area contributed by atoms with Gasteiger partial charge in [0.05, 0.1) is 32.0 Å². The molecule has 2 amide bonds. The average molecular weight is 441 g/mol. The molecule has 4 rings (SSSR count). The zero-order valence-electron chi connectivity index (χ0n) is 17.2. The number of carbonyl (C=O) groups is 2. The van der Waals surface area contributed by atoms with Gasteiger partial charge in [-0.1, -0.05) is 23.7 Å². The quantitative estimate of drug-likeness (QED) is 0.624. The number of nitrogens with one attached hydrogen (secondary N) is 2. The second-order valence-corrected chi connectivity index (χ2v) is 7.54. The molecule has 0 fully saturated rings. The van der Waals surface area contributed by atoms with Gasteiger partial charge in [0.1, 0.15) is 23.4 Å². The van der Waals surface area contributed by atoms with E-state index in [1.54, 1.807) is 42.1 Å². The number of hydrogen-bond donors (Lipinski definition) is 2. The van der Waals surface area contributed by atoms with Gasteiger partial charge in [0, 0.05) is 22.2 Å². The molecule has 1 unspecified atom stereocenters. The fraction of sp³-hybridized carbons (Fsp3) is 0.227. The Hall–Kier alpha value is -3.52. The van der Waals surface area contributed by atoms with Crippen LogP contribution in [0.3, 0.4) is 0 Å². The summed E-state index contributed by atoms with van der Waals surface area (Å²) in [5.74, 6) is 0.912. The Bertz CT molecular complexity index is 1170. The van der Waals surface area contributed by atoms with Crippen LogP contribution >= 0.6 is 11.6 Å². The van der Waals surface area contributed by atoms with E-state index < -0.39 is 6.04 Å². The minimum absolute atomic E-state index is 0.0343. The predicted molar refractivity (Wildman–Crippen MR) is 118 cm³/mol. The summed E-state index contributed by atoms with van der Waals surface area (Å²) in [6.07, 6.45) is -0.0343. The van der Waals surface area contributed by atoms with E-state index in [0.29, 0.717) is 33.7 Å². The number of amides is 2. The van der Waals surface area contributed by atoms with Crippen molar-refractivity contribution in [1.82, 2.24) is 9.78 Å². The summed E-state index contributed by atoms with van der Waals surface area (Å²) in [5, 5.41) is 10.9. The molecule has 0 bridgehead atoms. The van der Waals surface area contributed by atoms with E-state index in [9.17, 15) is 9.59 Å².